The van der Waals surface area contributed by atoms with E-state index >= 15 is 0 Å². The Bertz CT molecular complexity index is 927. The van der Waals surface area contributed by atoms with Gasteiger partial charge in [-0.25, -0.2) is 0 Å². The maximum Gasteiger partial charge on any atom is 0.269 e. The van der Waals surface area contributed by atoms with E-state index in [1.807, 2.05) is 0 Å². The number of anilines is 1. The van der Waals surface area contributed by atoms with Crippen LogP contribution >= 0.6 is 11.6 Å². The molecule has 0 aromatic heterocycles. The van der Waals surface area contributed by atoms with Gasteiger partial charge in [-0.15, -0.1) is 0 Å². The van der Waals surface area contributed by atoms with E-state index in [9.17, 15) is 19.7 Å². The second-order valence-corrected chi connectivity index (χ2v) is 6.87. The third kappa shape index (κ3) is 4.94. The van der Waals surface area contributed by atoms with Crippen molar-refractivity contribution < 1.29 is 19.2 Å². The summed E-state index contributed by atoms with van der Waals surface area (Å²) in [7, 11) is 0. The topological polar surface area (TPSA) is 119 Å². The minimum Gasteiger partial charge on any atom is -0.483 e. The summed E-state index contributed by atoms with van der Waals surface area (Å²) in [6.07, 6.45) is 0. The number of primary amides is 1. The first-order chi connectivity index (χ1) is 13.8. The number of carbonyl (C=O) groups is 2. The summed E-state index contributed by atoms with van der Waals surface area (Å²) in [4.78, 5) is 38.0. The van der Waals surface area contributed by atoms with E-state index in [-0.39, 0.29) is 29.5 Å². The van der Waals surface area contributed by atoms with Crippen LogP contribution in [0, 0.1) is 10.1 Å². The van der Waals surface area contributed by atoms with Crippen molar-refractivity contribution in [3.05, 3.63) is 63.2 Å². The normalized spacial score (nSPS) is 13.8. The lowest BCUT2D eigenvalue weighted by Crippen LogP contribution is -2.50. The number of piperazine rings is 1. The zero-order chi connectivity index (χ0) is 21.0. The zero-order valence-corrected chi connectivity index (χ0v) is 16.2. The van der Waals surface area contributed by atoms with Gasteiger partial charge in [0.1, 0.15) is 5.75 Å². The maximum atomic E-state index is 12.4. The molecule has 1 fully saturated rings. The van der Waals surface area contributed by atoms with Crippen LogP contribution in [0.3, 0.4) is 0 Å². The van der Waals surface area contributed by atoms with Crippen molar-refractivity contribution in [1.29, 1.82) is 0 Å². The Balaban J connectivity index is 1.54. The monoisotopic (exact) mass is 418 g/mol. The number of rotatable bonds is 6. The summed E-state index contributed by atoms with van der Waals surface area (Å²) in [5.41, 5.74) is 6.34. The molecule has 9 nitrogen and oxygen atoms in total. The summed E-state index contributed by atoms with van der Waals surface area (Å²) >= 11 is 5.86. The van der Waals surface area contributed by atoms with Crippen molar-refractivity contribution >= 4 is 34.8 Å². The molecule has 152 valence electrons. The van der Waals surface area contributed by atoms with Crippen LogP contribution in [0.25, 0.3) is 0 Å². The average Bonchev–Trinajstić information content (AvgIpc) is 2.72. The number of non-ortho nitro benzene ring substituents is 1. The lowest BCUT2D eigenvalue weighted by Gasteiger charge is -2.36. The molecule has 2 aromatic rings. The molecular weight excluding hydrogens is 400 g/mol. The molecule has 0 spiro atoms. The molecule has 0 aliphatic carbocycles. The van der Waals surface area contributed by atoms with Gasteiger partial charge in [0.2, 0.25) is 0 Å². The van der Waals surface area contributed by atoms with Crippen molar-refractivity contribution in [3.8, 4) is 5.75 Å². The number of benzene rings is 2. The fourth-order valence-electron chi connectivity index (χ4n) is 3.05. The highest BCUT2D eigenvalue weighted by Crippen LogP contribution is 2.23. The number of nitrogens with two attached hydrogens (primary N) is 1. The molecule has 0 saturated carbocycles. The van der Waals surface area contributed by atoms with Gasteiger partial charge in [-0.1, -0.05) is 11.6 Å². The van der Waals surface area contributed by atoms with Crippen LogP contribution in [0.15, 0.2) is 42.5 Å². The van der Waals surface area contributed by atoms with Gasteiger partial charge in [-0.3, -0.25) is 19.7 Å². The number of carbonyl (C=O) groups excluding carboxylic acids is 2. The molecule has 0 unspecified atom stereocenters. The molecule has 1 aliphatic rings. The van der Waals surface area contributed by atoms with Crippen LogP contribution in [-0.4, -0.2) is 54.4 Å². The molecule has 1 saturated heterocycles. The van der Waals surface area contributed by atoms with Gasteiger partial charge < -0.3 is 20.3 Å². The van der Waals surface area contributed by atoms with E-state index in [4.69, 9.17) is 22.1 Å². The maximum absolute atomic E-state index is 12.4. The van der Waals surface area contributed by atoms with Crippen LogP contribution in [0.2, 0.25) is 5.02 Å². The van der Waals surface area contributed by atoms with Crippen molar-refractivity contribution in [2.45, 2.75) is 0 Å². The number of ether oxygens (including phenoxy) is 1. The quantitative estimate of drug-likeness (QED) is 0.566. The third-order valence-corrected chi connectivity index (χ3v) is 4.85. The van der Waals surface area contributed by atoms with Crippen LogP contribution in [0.1, 0.15) is 10.4 Å². The van der Waals surface area contributed by atoms with E-state index < -0.39 is 10.8 Å². The van der Waals surface area contributed by atoms with Gasteiger partial charge in [0.05, 0.1) is 10.5 Å². The number of amides is 2. The first kappa shape index (κ1) is 20.4. The summed E-state index contributed by atoms with van der Waals surface area (Å²) in [5.74, 6) is -0.690. The summed E-state index contributed by atoms with van der Waals surface area (Å²) in [5, 5.41) is 11.1. The zero-order valence-electron chi connectivity index (χ0n) is 15.4. The van der Waals surface area contributed by atoms with Gasteiger partial charge in [0.15, 0.2) is 6.61 Å². The number of nitro benzene ring substituents is 1. The highest BCUT2D eigenvalue weighted by Gasteiger charge is 2.22. The lowest BCUT2D eigenvalue weighted by atomic mass is 10.2. The van der Waals surface area contributed by atoms with Gasteiger partial charge >= 0.3 is 0 Å². The predicted octanol–water partition coefficient (Wildman–Crippen LogP) is 2.07. The first-order valence-corrected chi connectivity index (χ1v) is 9.22. The SMILES string of the molecule is NC(=O)c1cc(Cl)ccc1OCC(=O)N1CCN(c2ccc([N+](=O)[O-])cc2)CC1. The molecule has 0 atom stereocenters. The van der Waals surface area contributed by atoms with E-state index in [0.29, 0.717) is 31.2 Å². The Morgan fingerprint density at radius 1 is 1.10 bits per heavy atom. The van der Waals surface area contributed by atoms with E-state index in [1.54, 1.807) is 23.1 Å². The molecule has 29 heavy (non-hydrogen) atoms. The van der Waals surface area contributed by atoms with E-state index in [1.165, 1.54) is 24.3 Å². The number of hydrogen-bond donors (Lipinski definition) is 1. The van der Waals surface area contributed by atoms with Gasteiger partial charge in [0, 0.05) is 49.0 Å². The summed E-state index contributed by atoms with van der Waals surface area (Å²) in [6.45, 7) is 1.94. The molecule has 1 heterocycles. The number of nitro groups is 1. The average molecular weight is 419 g/mol. The van der Waals surface area contributed by atoms with Crippen LogP contribution in [0.4, 0.5) is 11.4 Å². The molecule has 1 aliphatic heterocycles. The highest BCUT2D eigenvalue weighted by molar-refractivity contribution is 6.31. The Hall–Kier alpha value is -3.33. The smallest absolute Gasteiger partial charge is 0.269 e. The summed E-state index contributed by atoms with van der Waals surface area (Å²) < 4.78 is 5.49. The molecular formula is C19H19ClN4O5. The van der Waals surface area contributed by atoms with Crippen molar-refractivity contribution in [2.75, 3.05) is 37.7 Å². The number of hydrogen-bond acceptors (Lipinski definition) is 6. The summed E-state index contributed by atoms with van der Waals surface area (Å²) in [6, 6.07) is 10.8. The molecule has 10 heteroatoms. The number of nitrogens with zero attached hydrogens (tertiary/aromatic N) is 3. The van der Waals surface area contributed by atoms with Crippen molar-refractivity contribution in [1.82, 2.24) is 4.90 Å². The third-order valence-electron chi connectivity index (χ3n) is 4.62. The Kier molecular flexibility index (Phi) is 6.18. The van der Waals surface area contributed by atoms with Crippen molar-refractivity contribution in [2.24, 2.45) is 5.73 Å². The van der Waals surface area contributed by atoms with E-state index in [0.717, 1.165) is 5.69 Å². The fraction of sp³-hybridized carbons (Fsp3) is 0.263. The van der Waals surface area contributed by atoms with Crippen molar-refractivity contribution in [3.63, 3.8) is 0 Å². The van der Waals surface area contributed by atoms with Crippen LogP contribution in [-0.2, 0) is 4.79 Å². The fourth-order valence-corrected chi connectivity index (χ4v) is 3.22. The van der Waals surface area contributed by atoms with Crippen LogP contribution < -0.4 is 15.4 Å². The second kappa shape index (κ2) is 8.78. The van der Waals surface area contributed by atoms with Gasteiger partial charge in [0.25, 0.3) is 17.5 Å². The first-order valence-electron chi connectivity index (χ1n) is 8.84. The molecule has 2 aromatic carbocycles. The second-order valence-electron chi connectivity index (χ2n) is 6.43. The lowest BCUT2D eigenvalue weighted by molar-refractivity contribution is -0.384. The van der Waals surface area contributed by atoms with Crippen LogP contribution in [0.5, 0.6) is 5.75 Å². The largest absolute Gasteiger partial charge is 0.483 e. The highest BCUT2D eigenvalue weighted by atomic mass is 35.5. The Labute approximate surface area is 171 Å². The number of halogens is 1. The molecule has 2 amide bonds. The standard InChI is InChI=1S/C19H19ClN4O5/c20-13-1-6-17(16(11-13)19(21)26)29-12-18(25)23-9-7-22(8-10-23)14-2-4-15(5-3-14)24(27)28/h1-6,11H,7-10,12H2,(H2,21,26). The Morgan fingerprint density at radius 2 is 1.76 bits per heavy atom. The molecule has 3 rings (SSSR count). The molecule has 0 bridgehead atoms. The predicted molar refractivity (Wildman–Crippen MR) is 107 cm³/mol. The van der Waals surface area contributed by atoms with Gasteiger partial charge in [-0.2, -0.15) is 0 Å². The molecule has 0 radical (unpaired) electrons. The van der Waals surface area contributed by atoms with E-state index in [2.05, 4.69) is 4.90 Å². The minimum atomic E-state index is -0.688. The Morgan fingerprint density at radius 3 is 2.34 bits per heavy atom. The minimum absolute atomic E-state index is 0.0391. The van der Waals surface area contributed by atoms with Gasteiger partial charge in [-0.05, 0) is 30.3 Å². The molecule has 2 N–H and O–H groups in total.